The van der Waals surface area contributed by atoms with Crippen LogP contribution in [0.15, 0.2) is 63.7 Å². The van der Waals surface area contributed by atoms with Crippen molar-refractivity contribution in [3.05, 3.63) is 92.6 Å². The van der Waals surface area contributed by atoms with Gasteiger partial charge in [0.15, 0.2) is 11.5 Å². The molecule has 0 aliphatic rings. The third-order valence-electron chi connectivity index (χ3n) is 4.59. The molecule has 2 aromatic carbocycles. The van der Waals surface area contributed by atoms with Crippen LogP contribution in [0.2, 0.25) is 5.02 Å². The molecule has 0 unspecified atom stereocenters. The predicted molar refractivity (Wildman–Crippen MR) is 120 cm³/mol. The van der Waals surface area contributed by atoms with Crippen molar-refractivity contribution in [2.24, 2.45) is 0 Å². The molecule has 32 heavy (non-hydrogen) atoms. The molecule has 0 atom stereocenters. The Morgan fingerprint density at radius 1 is 1.28 bits per heavy atom. The normalized spacial score (nSPS) is 10.9. The first kappa shape index (κ1) is 22.0. The van der Waals surface area contributed by atoms with Crippen molar-refractivity contribution in [2.75, 3.05) is 5.32 Å². The summed E-state index contributed by atoms with van der Waals surface area (Å²) in [5.41, 5.74) is 1.50. The number of halogens is 3. The van der Waals surface area contributed by atoms with E-state index in [-0.39, 0.29) is 23.1 Å². The molecule has 2 aromatic heterocycles. The van der Waals surface area contributed by atoms with Crippen molar-refractivity contribution in [1.82, 2.24) is 14.9 Å². The van der Waals surface area contributed by atoms with Crippen molar-refractivity contribution in [2.45, 2.75) is 20.1 Å². The summed E-state index contributed by atoms with van der Waals surface area (Å²) in [5, 5.41) is 11.1. The van der Waals surface area contributed by atoms with Crippen molar-refractivity contribution in [3.63, 3.8) is 0 Å². The number of anilines is 1. The van der Waals surface area contributed by atoms with E-state index in [1.165, 1.54) is 18.2 Å². The van der Waals surface area contributed by atoms with Gasteiger partial charge in [-0.1, -0.05) is 50.9 Å². The van der Waals surface area contributed by atoms with Crippen molar-refractivity contribution in [1.29, 1.82) is 0 Å². The van der Waals surface area contributed by atoms with Gasteiger partial charge in [-0.25, -0.2) is 4.39 Å². The molecule has 1 N–H and O–H groups in total. The Labute approximate surface area is 196 Å². The third-order valence-corrected chi connectivity index (χ3v) is 5.39. The van der Waals surface area contributed by atoms with Gasteiger partial charge in [0.05, 0.1) is 12.1 Å². The Balaban J connectivity index is 1.46. The molecule has 164 valence electrons. The molecule has 4 aromatic rings. The van der Waals surface area contributed by atoms with E-state index in [4.69, 9.17) is 20.9 Å². The van der Waals surface area contributed by atoms with E-state index in [9.17, 15) is 9.18 Å². The van der Waals surface area contributed by atoms with Gasteiger partial charge in [0, 0.05) is 16.7 Å². The highest BCUT2D eigenvalue weighted by Crippen LogP contribution is 2.23. The van der Waals surface area contributed by atoms with Crippen molar-refractivity contribution < 1.29 is 18.4 Å². The smallest absolute Gasteiger partial charge is 0.279 e. The van der Waals surface area contributed by atoms with Crippen LogP contribution in [0.1, 0.15) is 27.4 Å². The molecule has 0 bridgehead atoms. The molecule has 0 aliphatic heterocycles. The Hall–Kier alpha value is -3.17. The average Bonchev–Trinajstić information content (AvgIpc) is 3.30. The fourth-order valence-electron chi connectivity index (χ4n) is 2.96. The van der Waals surface area contributed by atoms with Gasteiger partial charge in [-0.2, -0.15) is 5.10 Å². The Bertz CT molecular complexity index is 1260. The monoisotopic (exact) mass is 518 g/mol. The van der Waals surface area contributed by atoms with Crippen molar-refractivity contribution in [3.8, 4) is 5.75 Å². The van der Waals surface area contributed by atoms with Crippen LogP contribution >= 0.6 is 27.5 Å². The van der Waals surface area contributed by atoms with Crippen molar-refractivity contribution >= 4 is 39.3 Å². The molecule has 10 heteroatoms. The van der Waals surface area contributed by atoms with Gasteiger partial charge in [-0.3, -0.25) is 9.48 Å². The zero-order valence-corrected chi connectivity index (χ0v) is 19.2. The molecule has 0 spiro atoms. The van der Waals surface area contributed by atoms with E-state index >= 15 is 0 Å². The van der Waals surface area contributed by atoms with Crippen LogP contribution in [0.4, 0.5) is 10.2 Å². The highest BCUT2D eigenvalue weighted by atomic mass is 79.9. The lowest BCUT2D eigenvalue weighted by molar-refractivity contribution is 0.101. The van der Waals surface area contributed by atoms with Gasteiger partial charge in [0.1, 0.15) is 29.0 Å². The quantitative estimate of drug-likeness (QED) is 0.343. The molecule has 4 rings (SSSR count). The number of amides is 1. The second-order valence-corrected chi connectivity index (χ2v) is 8.24. The van der Waals surface area contributed by atoms with Gasteiger partial charge >= 0.3 is 0 Å². The highest BCUT2D eigenvalue weighted by molar-refractivity contribution is 9.10. The van der Waals surface area contributed by atoms with E-state index in [2.05, 4.69) is 31.5 Å². The lowest BCUT2D eigenvalue weighted by Crippen LogP contribution is -2.16. The number of benzene rings is 2. The predicted octanol–water partition coefficient (Wildman–Crippen LogP) is 5.61. The Kier molecular flexibility index (Phi) is 6.57. The van der Waals surface area contributed by atoms with E-state index in [0.717, 1.165) is 10.0 Å². The van der Waals surface area contributed by atoms with Crippen LogP contribution in [0.25, 0.3) is 0 Å². The van der Waals surface area contributed by atoms with Gasteiger partial charge in [0.2, 0.25) is 0 Å². The van der Waals surface area contributed by atoms with E-state index in [1.807, 2.05) is 24.3 Å². The maximum Gasteiger partial charge on any atom is 0.279 e. The number of aryl methyl sites for hydroxylation is 1. The second-order valence-electron chi connectivity index (χ2n) is 6.92. The second kappa shape index (κ2) is 9.54. The minimum Gasteiger partial charge on any atom is -0.489 e. The molecule has 0 saturated carbocycles. The molecular formula is C22H17BrClFN4O3. The Morgan fingerprint density at radius 2 is 2.06 bits per heavy atom. The topological polar surface area (TPSA) is 82.2 Å². The minimum absolute atomic E-state index is 0.0206. The summed E-state index contributed by atoms with van der Waals surface area (Å²) in [5.74, 6) is -0.0251. The number of rotatable bonds is 7. The first-order valence-corrected chi connectivity index (χ1v) is 10.7. The third kappa shape index (κ3) is 5.17. The van der Waals surface area contributed by atoms with Crippen LogP contribution in [-0.2, 0) is 13.2 Å². The number of carbonyl (C=O) groups is 1. The van der Waals surface area contributed by atoms with Gasteiger partial charge in [-0.05, 0) is 36.8 Å². The molecule has 7 nitrogen and oxygen atoms in total. The molecule has 2 heterocycles. The largest absolute Gasteiger partial charge is 0.489 e. The van der Waals surface area contributed by atoms with Gasteiger partial charge in [0.25, 0.3) is 5.91 Å². The molecule has 0 saturated heterocycles. The summed E-state index contributed by atoms with van der Waals surface area (Å²) < 4.78 is 26.7. The lowest BCUT2D eigenvalue weighted by Gasteiger charge is -2.07. The standard InChI is InChI=1S/C22H17BrClFN4O3/c1-13-18(12-31-17-4-2-3-16(25)9-17)20(28-32-13)22(30)26-21-19(24)11-29(27-21)10-14-5-7-15(23)8-6-14/h2-9,11H,10,12H2,1H3,(H,26,27,30). The summed E-state index contributed by atoms with van der Waals surface area (Å²) in [6, 6.07) is 13.5. The number of aromatic nitrogens is 3. The number of nitrogens with zero attached hydrogens (tertiary/aromatic N) is 3. The number of nitrogens with one attached hydrogen (secondary N) is 1. The van der Waals surface area contributed by atoms with Crippen LogP contribution < -0.4 is 10.1 Å². The van der Waals surface area contributed by atoms with Crippen LogP contribution in [0.5, 0.6) is 5.75 Å². The summed E-state index contributed by atoms with van der Waals surface area (Å²) in [6.07, 6.45) is 1.63. The molecule has 0 radical (unpaired) electrons. The summed E-state index contributed by atoms with van der Waals surface area (Å²) in [4.78, 5) is 12.8. The molecule has 0 aliphatic carbocycles. The fraction of sp³-hybridized carbons (Fsp3) is 0.136. The first-order chi connectivity index (χ1) is 15.4. The van der Waals surface area contributed by atoms with E-state index in [0.29, 0.717) is 23.6 Å². The number of ether oxygens (including phenoxy) is 1. The number of hydrogen-bond donors (Lipinski definition) is 1. The Morgan fingerprint density at radius 3 is 2.81 bits per heavy atom. The van der Waals surface area contributed by atoms with Crippen LogP contribution in [0.3, 0.4) is 0 Å². The first-order valence-electron chi connectivity index (χ1n) is 9.51. The SMILES string of the molecule is Cc1onc(C(=O)Nc2nn(Cc3ccc(Br)cc3)cc2Cl)c1COc1cccc(F)c1. The fourth-order valence-corrected chi connectivity index (χ4v) is 3.42. The lowest BCUT2D eigenvalue weighted by atomic mass is 10.2. The minimum atomic E-state index is -0.546. The van der Waals surface area contributed by atoms with Gasteiger partial charge in [-0.15, -0.1) is 0 Å². The highest BCUT2D eigenvalue weighted by Gasteiger charge is 2.22. The van der Waals surface area contributed by atoms with Gasteiger partial charge < -0.3 is 14.6 Å². The average molecular weight is 520 g/mol. The van der Waals surface area contributed by atoms with E-state index in [1.54, 1.807) is 23.9 Å². The molecule has 1 amide bonds. The summed E-state index contributed by atoms with van der Waals surface area (Å²) >= 11 is 9.66. The van der Waals surface area contributed by atoms with Crippen LogP contribution in [0, 0.1) is 12.7 Å². The zero-order chi connectivity index (χ0) is 22.7. The number of carbonyl (C=O) groups excluding carboxylic acids is 1. The summed E-state index contributed by atoms with van der Waals surface area (Å²) in [6.45, 7) is 2.12. The molecule has 0 fully saturated rings. The molecular weight excluding hydrogens is 503 g/mol. The zero-order valence-electron chi connectivity index (χ0n) is 16.8. The summed E-state index contributed by atoms with van der Waals surface area (Å²) in [7, 11) is 0. The maximum atomic E-state index is 13.4. The maximum absolute atomic E-state index is 13.4. The van der Waals surface area contributed by atoms with Crippen LogP contribution in [-0.4, -0.2) is 20.8 Å². The van der Waals surface area contributed by atoms with E-state index < -0.39 is 11.7 Å². The number of hydrogen-bond acceptors (Lipinski definition) is 5.